The first-order valence-electron chi connectivity index (χ1n) is 6.39. The molecular formula is C14H26N2O. The summed E-state index contributed by atoms with van der Waals surface area (Å²) in [5.74, 6) is 0. The normalized spacial score (nSPS) is 12.4. The van der Waals surface area contributed by atoms with Gasteiger partial charge in [0, 0.05) is 30.5 Å². The number of hydrogen-bond donors (Lipinski definition) is 1. The first-order valence-corrected chi connectivity index (χ1v) is 6.39. The molecule has 1 N–H and O–H groups in total. The van der Waals surface area contributed by atoms with Gasteiger partial charge in [-0.05, 0) is 46.8 Å². The van der Waals surface area contributed by atoms with Gasteiger partial charge in [0.1, 0.15) is 0 Å². The van der Waals surface area contributed by atoms with Crippen LogP contribution in [0.4, 0.5) is 0 Å². The summed E-state index contributed by atoms with van der Waals surface area (Å²) < 4.78 is 7.83. The summed E-state index contributed by atoms with van der Waals surface area (Å²) in [5.41, 5.74) is 1.47. The molecule has 1 aromatic heterocycles. The van der Waals surface area contributed by atoms with Crippen LogP contribution < -0.4 is 5.32 Å². The van der Waals surface area contributed by atoms with E-state index in [9.17, 15) is 0 Å². The van der Waals surface area contributed by atoms with Crippen LogP contribution in [0.15, 0.2) is 18.3 Å². The molecule has 0 fully saturated rings. The molecule has 1 heterocycles. The molecule has 1 aromatic rings. The Labute approximate surface area is 105 Å². The van der Waals surface area contributed by atoms with Crippen LogP contribution in [0.1, 0.15) is 40.3 Å². The molecule has 0 aliphatic heterocycles. The highest BCUT2D eigenvalue weighted by atomic mass is 16.5. The molecule has 0 amide bonds. The predicted molar refractivity (Wildman–Crippen MR) is 72.1 cm³/mol. The lowest BCUT2D eigenvalue weighted by molar-refractivity contribution is 0.0723. The fourth-order valence-electron chi connectivity index (χ4n) is 1.57. The van der Waals surface area contributed by atoms with Gasteiger partial charge in [-0.3, -0.25) is 0 Å². The Bertz CT molecular complexity index is 323. The molecule has 98 valence electrons. The van der Waals surface area contributed by atoms with Gasteiger partial charge in [-0.15, -0.1) is 0 Å². The molecule has 0 atom stereocenters. The number of hydrogen-bond acceptors (Lipinski definition) is 2. The maximum absolute atomic E-state index is 5.57. The van der Waals surface area contributed by atoms with Gasteiger partial charge in [-0.1, -0.05) is 0 Å². The van der Waals surface area contributed by atoms with Crippen LogP contribution in [0.2, 0.25) is 0 Å². The number of ether oxygens (including phenoxy) is 1. The van der Waals surface area contributed by atoms with Gasteiger partial charge in [0.05, 0.1) is 12.7 Å². The Morgan fingerprint density at radius 3 is 2.65 bits per heavy atom. The molecule has 17 heavy (non-hydrogen) atoms. The second kappa shape index (κ2) is 6.22. The molecule has 0 aliphatic rings. The quantitative estimate of drug-likeness (QED) is 0.825. The van der Waals surface area contributed by atoms with Gasteiger partial charge < -0.3 is 14.6 Å². The lowest BCUT2D eigenvalue weighted by Gasteiger charge is -2.21. The minimum absolute atomic E-state index is 0.156. The highest BCUT2D eigenvalue weighted by Crippen LogP contribution is 2.06. The van der Waals surface area contributed by atoms with Crippen molar-refractivity contribution in [2.75, 3.05) is 6.61 Å². The van der Waals surface area contributed by atoms with Crippen LogP contribution in [0.3, 0.4) is 0 Å². The van der Waals surface area contributed by atoms with Gasteiger partial charge in [0.2, 0.25) is 0 Å². The van der Waals surface area contributed by atoms with Crippen LogP contribution in [-0.2, 0) is 17.8 Å². The second-order valence-electron chi connectivity index (χ2n) is 5.72. The van der Waals surface area contributed by atoms with Crippen molar-refractivity contribution >= 4 is 0 Å². The van der Waals surface area contributed by atoms with Gasteiger partial charge in [-0.2, -0.15) is 0 Å². The van der Waals surface area contributed by atoms with Crippen LogP contribution in [0.5, 0.6) is 0 Å². The topological polar surface area (TPSA) is 26.2 Å². The van der Waals surface area contributed by atoms with E-state index in [0.29, 0.717) is 6.10 Å². The van der Waals surface area contributed by atoms with Gasteiger partial charge >= 0.3 is 0 Å². The molecule has 0 spiro atoms. The molecule has 0 unspecified atom stereocenters. The standard InChI is InChI=1S/C14H26N2O/c1-12(2)17-10-9-16-8-6-7-13(16)11-15-14(3,4)5/h6-8,12,15H,9-11H2,1-5H3. The highest BCUT2D eigenvalue weighted by molar-refractivity contribution is 5.07. The maximum atomic E-state index is 5.57. The van der Waals surface area contributed by atoms with Crippen LogP contribution in [0.25, 0.3) is 0 Å². The Hall–Kier alpha value is -0.800. The first kappa shape index (κ1) is 14.3. The van der Waals surface area contributed by atoms with E-state index in [4.69, 9.17) is 4.74 Å². The minimum Gasteiger partial charge on any atom is -0.377 e. The van der Waals surface area contributed by atoms with E-state index in [1.807, 2.05) is 0 Å². The number of aromatic nitrogens is 1. The van der Waals surface area contributed by atoms with Crippen molar-refractivity contribution in [3.63, 3.8) is 0 Å². The summed E-state index contributed by atoms with van der Waals surface area (Å²) in [5, 5.41) is 3.50. The Kier molecular flexibility index (Phi) is 5.22. The second-order valence-corrected chi connectivity index (χ2v) is 5.72. The monoisotopic (exact) mass is 238 g/mol. The molecule has 1 rings (SSSR count). The van der Waals surface area contributed by atoms with Gasteiger partial charge in [0.15, 0.2) is 0 Å². The molecule has 3 heteroatoms. The smallest absolute Gasteiger partial charge is 0.0649 e. The van der Waals surface area contributed by atoms with Crippen LogP contribution in [-0.4, -0.2) is 22.8 Å². The molecule has 0 radical (unpaired) electrons. The Morgan fingerprint density at radius 2 is 2.06 bits per heavy atom. The summed E-state index contributed by atoms with van der Waals surface area (Å²) in [6.07, 6.45) is 2.42. The third-order valence-corrected chi connectivity index (χ3v) is 2.51. The molecule has 0 bridgehead atoms. The largest absolute Gasteiger partial charge is 0.377 e. The maximum Gasteiger partial charge on any atom is 0.0649 e. The zero-order chi connectivity index (χ0) is 12.9. The van der Waals surface area contributed by atoms with Crippen molar-refractivity contribution in [3.05, 3.63) is 24.0 Å². The summed E-state index contributed by atoms with van der Waals surface area (Å²) >= 11 is 0. The van der Waals surface area contributed by atoms with Crippen molar-refractivity contribution in [1.82, 2.24) is 9.88 Å². The van der Waals surface area contributed by atoms with E-state index >= 15 is 0 Å². The van der Waals surface area contributed by atoms with Gasteiger partial charge in [-0.25, -0.2) is 0 Å². The Morgan fingerprint density at radius 1 is 1.35 bits per heavy atom. The number of nitrogens with one attached hydrogen (secondary N) is 1. The molecule has 0 aromatic carbocycles. The SMILES string of the molecule is CC(C)OCCn1cccc1CNC(C)(C)C. The molecule has 0 saturated heterocycles. The molecule has 3 nitrogen and oxygen atoms in total. The van der Waals surface area contributed by atoms with Crippen molar-refractivity contribution in [1.29, 1.82) is 0 Å². The summed E-state index contributed by atoms with van der Waals surface area (Å²) in [6.45, 7) is 13.3. The van der Waals surface area contributed by atoms with E-state index in [1.165, 1.54) is 5.69 Å². The molecule has 0 saturated carbocycles. The third-order valence-electron chi connectivity index (χ3n) is 2.51. The number of rotatable bonds is 6. The van der Waals surface area contributed by atoms with E-state index in [0.717, 1.165) is 19.7 Å². The zero-order valence-electron chi connectivity index (χ0n) is 11.8. The summed E-state index contributed by atoms with van der Waals surface area (Å²) in [6, 6.07) is 4.25. The average Bonchev–Trinajstić information content (AvgIpc) is 2.61. The van der Waals surface area contributed by atoms with Crippen molar-refractivity contribution in [3.8, 4) is 0 Å². The lowest BCUT2D eigenvalue weighted by Crippen LogP contribution is -2.35. The lowest BCUT2D eigenvalue weighted by atomic mass is 10.1. The van der Waals surface area contributed by atoms with Crippen molar-refractivity contribution in [2.45, 2.75) is 59.4 Å². The Balaban J connectivity index is 2.43. The van der Waals surface area contributed by atoms with E-state index in [2.05, 4.69) is 62.8 Å². The summed E-state index contributed by atoms with van der Waals surface area (Å²) in [4.78, 5) is 0. The molecular weight excluding hydrogens is 212 g/mol. The zero-order valence-corrected chi connectivity index (χ0v) is 11.8. The highest BCUT2D eigenvalue weighted by Gasteiger charge is 2.09. The predicted octanol–water partition coefficient (Wildman–Crippen LogP) is 2.80. The van der Waals surface area contributed by atoms with E-state index in [-0.39, 0.29) is 5.54 Å². The third kappa shape index (κ3) is 5.89. The fourth-order valence-corrected chi connectivity index (χ4v) is 1.57. The van der Waals surface area contributed by atoms with Crippen molar-refractivity contribution in [2.24, 2.45) is 0 Å². The van der Waals surface area contributed by atoms with Crippen LogP contribution in [0, 0.1) is 0 Å². The first-order chi connectivity index (χ1) is 7.88. The van der Waals surface area contributed by atoms with Crippen molar-refractivity contribution < 1.29 is 4.74 Å². The van der Waals surface area contributed by atoms with E-state index in [1.54, 1.807) is 0 Å². The van der Waals surface area contributed by atoms with Crippen LogP contribution >= 0.6 is 0 Å². The van der Waals surface area contributed by atoms with E-state index < -0.39 is 0 Å². The van der Waals surface area contributed by atoms with Gasteiger partial charge in [0.25, 0.3) is 0 Å². The average molecular weight is 238 g/mol. The minimum atomic E-state index is 0.156. The molecule has 0 aliphatic carbocycles. The number of nitrogens with zero attached hydrogens (tertiary/aromatic N) is 1. The fraction of sp³-hybridized carbons (Fsp3) is 0.714. The summed E-state index contributed by atoms with van der Waals surface area (Å²) in [7, 11) is 0.